The van der Waals surface area contributed by atoms with Gasteiger partial charge in [0.1, 0.15) is 12.1 Å². The van der Waals surface area contributed by atoms with E-state index in [-0.39, 0.29) is 30.8 Å². The van der Waals surface area contributed by atoms with Crippen LogP contribution in [0.3, 0.4) is 0 Å². The van der Waals surface area contributed by atoms with Gasteiger partial charge in [0, 0.05) is 48.3 Å². The summed E-state index contributed by atoms with van der Waals surface area (Å²) < 4.78 is 5.89. The molecule has 3 N–H and O–H groups in total. The zero-order valence-electron chi connectivity index (χ0n) is 26.4. The lowest BCUT2D eigenvalue weighted by Gasteiger charge is -2.55. The number of likely N-dealkylation sites (N-methyl/N-ethyl adjacent to an activating group) is 1. The number of rotatable bonds is 5. The standard InChI is InChI=1S/C35H41N5O6/c1-20(2)34(33(43)39-27(15-21-9-5-4-6-10-21)32(42)38-14-8-13-29(38)35(39,44)46-34)37-31(41)23-16-25-24-11-7-12-26-30(24)22(18-36-26)17-28(25)40(3,45)19-23/h4-7,9-12,18,20,23,25,27-29,36,44H,8,13-17,19H2,1-3H3,(H,37,41)/t23-,25-,27+,28-,29+,34-,35+,40?/m1/s1. The van der Waals surface area contributed by atoms with Crippen molar-refractivity contribution in [3.8, 4) is 0 Å². The highest BCUT2D eigenvalue weighted by Crippen LogP contribution is 2.49. The third-order valence-corrected chi connectivity index (χ3v) is 11.5. The highest BCUT2D eigenvalue weighted by Gasteiger charge is 2.72. The van der Waals surface area contributed by atoms with Crippen molar-refractivity contribution in [3.63, 3.8) is 0 Å². The number of fused-ring (bicyclic) bond motifs is 5. The van der Waals surface area contributed by atoms with E-state index in [0.717, 1.165) is 27.6 Å². The first-order valence-electron chi connectivity index (χ1n) is 16.5. The van der Waals surface area contributed by atoms with Gasteiger partial charge in [0.15, 0.2) is 0 Å². The van der Waals surface area contributed by atoms with Crippen LogP contribution >= 0.6 is 0 Å². The Bertz CT molecular complexity index is 1740. The fourth-order valence-corrected chi connectivity index (χ4v) is 9.19. The normalized spacial score (nSPS) is 36.6. The molecular weight excluding hydrogens is 586 g/mol. The number of nitrogens with zero attached hydrogens (tertiary/aromatic N) is 3. The average Bonchev–Trinajstić information content (AvgIpc) is 3.74. The quantitative estimate of drug-likeness (QED) is 0.294. The number of carbonyl (C=O) groups is 3. The molecule has 1 aliphatic carbocycles. The predicted molar refractivity (Wildman–Crippen MR) is 168 cm³/mol. The average molecular weight is 628 g/mol. The Kier molecular flexibility index (Phi) is 6.51. The number of quaternary nitrogens is 1. The van der Waals surface area contributed by atoms with Crippen LogP contribution in [0, 0.1) is 17.0 Å². The minimum atomic E-state index is -2.11. The van der Waals surface area contributed by atoms with E-state index in [9.17, 15) is 24.7 Å². The second-order valence-corrected chi connectivity index (χ2v) is 14.5. The van der Waals surface area contributed by atoms with Crippen molar-refractivity contribution in [2.75, 3.05) is 20.1 Å². The Labute approximate surface area is 267 Å². The molecule has 0 radical (unpaired) electrons. The van der Waals surface area contributed by atoms with Crippen LogP contribution in [0.25, 0.3) is 10.9 Å². The molecule has 0 spiro atoms. The number of benzene rings is 2. The van der Waals surface area contributed by atoms with Crippen LogP contribution in [0.2, 0.25) is 0 Å². The number of aliphatic hydroxyl groups is 1. The zero-order chi connectivity index (χ0) is 32.2. The van der Waals surface area contributed by atoms with E-state index < -0.39 is 52.0 Å². The Morgan fingerprint density at radius 3 is 2.74 bits per heavy atom. The summed E-state index contributed by atoms with van der Waals surface area (Å²) in [6, 6.07) is 13.5. The maximum Gasteiger partial charge on any atom is 0.281 e. The number of aromatic amines is 1. The van der Waals surface area contributed by atoms with E-state index in [1.807, 2.05) is 48.7 Å². The molecule has 46 heavy (non-hydrogen) atoms. The van der Waals surface area contributed by atoms with Gasteiger partial charge in [0.2, 0.25) is 17.5 Å². The molecule has 5 heterocycles. The van der Waals surface area contributed by atoms with Crippen molar-refractivity contribution in [3.05, 3.63) is 76.6 Å². The first kappa shape index (κ1) is 29.6. The Morgan fingerprint density at radius 2 is 1.98 bits per heavy atom. The lowest BCUT2D eigenvalue weighted by atomic mass is 9.72. The van der Waals surface area contributed by atoms with Crippen LogP contribution in [0.15, 0.2) is 54.7 Å². The molecule has 0 saturated carbocycles. The van der Waals surface area contributed by atoms with Crippen LogP contribution in [0.4, 0.5) is 0 Å². The van der Waals surface area contributed by atoms with Gasteiger partial charge in [-0.15, -0.1) is 0 Å². The first-order valence-corrected chi connectivity index (χ1v) is 16.5. The molecule has 242 valence electrons. The summed E-state index contributed by atoms with van der Waals surface area (Å²) in [7, 11) is 1.64. The van der Waals surface area contributed by atoms with Crippen LogP contribution in [-0.4, -0.2) is 92.2 Å². The van der Waals surface area contributed by atoms with E-state index in [2.05, 4.69) is 16.4 Å². The SMILES string of the molecule is CC(C)[C@@]1(NC(=O)[C@@H]2C[C@@H]3c4cccc5[nH]cc(c45)C[C@H]3[N+](C)([O-])C2)O[C@@]2(O)[C@@H]3CCCN3C(=O)[C@H](Cc3ccccc3)N2C1=O. The van der Waals surface area contributed by atoms with Crippen molar-refractivity contribution in [2.24, 2.45) is 11.8 Å². The zero-order valence-corrected chi connectivity index (χ0v) is 26.4. The number of piperidine rings is 1. The number of amides is 3. The van der Waals surface area contributed by atoms with E-state index in [1.54, 1.807) is 25.8 Å². The summed E-state index contributed by atoms with van der Waals surface area (Å²) in [5.41, 5.74) is 2.15. The van der Waals surface area contributed by atoms with Crippen molar-refractivity contribution in [2.45, 2.75) is 81.6 Å². The molecule has 3 amide bonds. The number of hydrogen-bond acceptors (Lipinski definition) is 6. The number of nitrogens with one attached hydrogen (secondary N) is 2. The molecular formula is C35H41N5O6. The Hall–Kier alpha value is -3.77. The topological polar surface area (TPSA) is 138 Å². The van der Waals surface area contributed by atoms with Gasteiger partial charge in [-0.05, 0) is 42.0 Å². The van der Waals surface area contributed by atoms with Gasteiger partial charge in [0.25, 0.3) is 11.8 Å². The number of hydrogen-bond donors (Lipinski definition) is 3. The van der Waals surface area contributed by atoms with Crippen LogP contribution in [0.5, 0.6) is 0 Å². The number of likely N-dealkylation sites (tertiary alicyclic amines) is 1. The van der Waals surface area contributed by atoms with Crippen LogP contribution in [-0.2, 0) is 32.0 Å². The molecule has 1 unspecified atom stereocenters. The summed E-state index contributed by atoms with van der Waals surface area (Å²) >= 11 is 0. The lowest BCUT2D eigenvalue weighted by molar-refractivity contribution is -0.896. The molecule has 3 aromatic rings. The summed E-state index contributed by atoms with van der Waals surface area (Å²) in [6.45, 7) is 4.05. The largest absolute Gasteiger partial charge is 0.633 e. The molecule has 4 fully saturated rings. The third kappa shape index (κ3) is 4.08. The smallest absolute Gasteiger partial charge is 0.281 e. The molecule has 4 saturated heterocycles. The van der Waals surface area contributed by atoms with Gasteiger partial charge < -0.3 is 30.2 Å². The highest BCUT2D eigenvalue weighted by molar-refractivity contribution is 5.98. The van der Waals surface area contributed by atoms with E-state index in [4.69, 9.17) is 4.74 Å². The van der Waals surface area contributed by atoms with Gasteiger partial charge in [0.05, 0.1) is 25.6 Å². The first-order chi connectivity index (χ1) is 21.9. The van der Waals surface area contributed by atoms with Crippen molar-refractivity contribution in [1.82, 2.24) is 20.1 Å². The molecule has 4 aliphatic heterocycles. The number of aromatic nitrogens is 1. The minimum Gasteiger partial charge on any atom is -0.633 e. The van der Waals surface area contributed by atoms with Gasteiger partial charge >= 0.3 is 0 Å². The Balaban J connectivity index is 1.13. The highest BCUT2D eigenvalue weighted by atomic mass is 16.7. The number of carbonyl (C=O) groups excluding carboxylic acids is 3. The maximum atomic E-state index is 14.6. The second kappa shape index (κ2) is 10.1. The molecule has 8 rings (SSSR count). The minimum absolute atomic E-state index is 0.0601. The number of H-pyrrole nitrogens is 1. The predicted octanol–water partition coefficient (Wildman–Crippen LogP) is 2.73. The second-order valence-electron chi connectivity index (χ2n) is 14.5. The fraction of sp³-hybridized carbons (Fsp3) is 0.514. The third-order valence-electron chi connectivity index (χ3n) is 11.5. The van der Waals surface area contributed by atoms with Gasteiger partial charge in [-0.3, -0.25) is 24.0 Å². The van der Waals surface area contributed by atoms with Crippen molar-refractivity contribution in [1.29, 1.82) is 0 Å². The van der Waals surface area contributed by atoms with Gasteiger partial charge in [-0.2, -0.15) is 0 Å². The maximum absolute atomic E-state index is 14.6. The van der Waals surface area contributed by atoms with E-state index in [1.165, 1.54) is 4.90 Å². The summed E-state index contributed by atoms with van der Waals surface area (Å²) in [5.74, 6) is -4.84. The Morgan fingerprint density at radius 1 is 1.20 bits per heavy atom. The van der Waals surface area contributed by atoms with Crippen molar-refractivity contribution < 1.29 is 28.9 Å². The molecule has 2 aromatic carbocycles. The van der Waals surface area contributed by atoms with E-state index in [0.29, 0.717) is 32.2 Å². The molecule has 11 heteroatoms. The lowest BCUT2D eigenvalue weighted by Crippen LogP contribution is -2.71. The number of piperazine rings is 1. The monoisotopic (exact) mass is 627 g/mol. The summed E-state index contributed by atoms with van der Waals surface area (Å²) in [5, 5.41) is 30.5. The molecule has 1 aromatic heterocycles. The summed E-state index contributed by atoms with van der Waals surface area (Å²) in [6.07, 6.45) is 4.41. The summed E-state index contributed by atoms with van der Waals surface area (Å²) in [4.78, 5) is 49.0. The van der Waals surface area contributed by atoms with Crippen LogP contribution < -0.4 is 5.32 Å². The van der Waals surface area contributed by atoms with Gasteiger partial charge in [-0.25, -0.2) is 0 Å². The van der Waals surface area contributed by atoms with E-state index >= 15 is 0 Å². The molecule has 5 aliphatic rings. The number of ether oxygens (including phenoxy) is 1. The molecule has 11 nitrogen and oxygen atoms in total. The van der Waals surface area contributed by atoms with Crippen molar-refractivity contribution >= 4 is 28.6 Å². The number of hydroxylamine groups is 3. The molecule has 8 atom stereocenters. The fourth-order valence-electron chi connectivity index (χ4n) is 9.19. The van der Waals surface area contributed by atoms with Crippen LogP contribution in [0.1, 0.15) is 55.7 Å². The molecule has 0 bridgehead atoms. The van der Waals surface area contributed by atoms with Gasteiger partial charge in [-0.1, -0.05) is 56.3 Å².